The van der Waals surface area contributed by atoms with Crippen LogP contribution in [-0.4, -0.2) is 24.0 Å². The molecule has 1 rings (SSSR count). The summed E-state index contributed by atoms with van der Waals surface area (Å²) >= 11 is 0. The number of pyridine rings is 1. The number of hydrogen-bond donors (Lipinski definition) is 2. The molecule has 0 unspecified atom stereocenters. The van der Waals surface area contributed by atoms with Gasteiger partial charge in [0.25, 0.3) is 0 Å². The fraction of sp³-hybridized carbons (Fsp3) is 0.385. The van der Waals surface area contributed by atoms with Crippen molar-refractivity contribution in [3.05, 3.63) is 42.2 Å². The summed E-state index contributed by atoms with van der Waals surface area (Å²) < 4.78 is 0. The summed E-state index contributed by atoms with van der Waals surface area (Å²) in [6.07, 6.45) is 1.80. The van der Waals surface area contributed by atoms with Gasteiger partial charge in [-0.2, -0.15) is 0 Å². The van der Waals surface area contributed by atoms with Crippen molar-refractivity contribution < 1.29 is 0 Å². The molecule has 0 atom stereocenters. The zero-order valence-electron chi connectivity index (χ0n) is 10.5. The molecule has 0 aliphatic carbocycles. The van der Waals surface area contributed by atoms with Crippen molar-refractivity contribution in [1.82, 2.24) is 15.6 Å². The van der Waals surface area contributed by atoms with Gasteiger partial charge in [-0.15, -0.1) is 6.58 Å². The van der Waals surface area contributed by atoms with E-state index in [0.717, 1.165) is 23.9 Å². The van der Waals surface area contributed by atoms with Gasteiger partial charge in [0.15, 0.2) is 5.96 Å². The van der Waals surface area contributed by atoms with Gasteiger partial charge in [0.1, 0.15) is 0 Å². The third-order valence-electron chi connectivity index (χ3n) is 2.10. The molecule has 0 aliphatic heterocycles. The van der Waals surface area contributed by atoms with Gasteiger partial charge in [-0.1, -0.05) is 12.1 Å². The maximum atomic E-state index is 4.45. The van der Waals surface area contributed by atoms with Crippen LogP contribution in [0.4, 0.5) is 0 Å². The quantitative estimate of drug-likeness (QED) is 0.461. The van der Waals surface area contributed by atoms with Crippen LogP contribution in [0.15, 0.2) is 35.8 Å². The lowest BCUT2D eigenvalue weighted by Crippen LogP contribution is -2.37. The van der Waals surface area contributed by atoms with E-state index in [1.54, 1.807) is 6.08 Å². The number of aliphatic imine (C=N–C) groups is 1. The normalized spacial score (nSPS) is 11.1. The van der Waals surface area contributed by atoms with Crippen LogP contribution in [0.25, 0.3) is 0 Å². The first-order valence-electron chi connectivity index (χ1n) is 5.82. The van der Waals surface area contributed by atoms with Gasteiger partial charge >= 0.3 is 0 Å². The predicted molar refractivity (Wildman–Crippen MR) is 72.0 cm³/mol. The zero-order valence-corrected chi connectivity index (χ0v) is 10.5. The Bertz CT molecular complexity index is 385. The summed E-state index contributed by atoms with van der Waals surface area (Å²) in [4.78, 5) is 8.85. The van der Waals surface area contributed by atoms with E-state index >= 15 is 0 Å². The zero-order chi connectivity index (χ0) is 12.5. The molecule has 1 aromatic rings. The molecule has 0 fully saturated rings. The smallest absolute Gasteiger partial charge is 0.191 e. The maximum Gasteiger partial charge on any atom is 0.191 e. The van der Waals surface area contributed by atoms with Gasteiger partial charge in [0.05, 0.1) is 12.2 Å². The lowest BCUT2D eigenvalue weighted by Gasteiger charge is -2.09. The van der Waals surface area contributed by atoms with E-state index in [0.29, 0.717) is 13.1 Å². The van der Waals surface area contributed by atoms with E-state index in [9.17, 15) is 0 Å². The molecule has 0 aromatic carbocycles. The lowest BCUT2D eigenvalue weighted by atomic mass is 10.3. The lowest BCUT2D eigenvalue weighted by molar-refractivity contribution is 0.851. The summed E-state index contributed by atoms with van der Waals surface area (Å²) in [6.45, 7) is 9.80. The van der Waals surface area contributed by atoms with Crippen molar-refractivity contribution >= 4 is 5.96 Å². The molecule has 0 saturated carbocycles. The Balaban J connectivity index is 2.61. The van der Waals surface area contributed by atoms with Crippen LogP contribution in [-0.2, 0) is 6.54 Å². The number of guanidine groups is 1. The molecule has 0 aliphatic rings. The third-order valence-corrected chi connectivity index (χ3v) is 2.10. The van der Waals surface area contributed by atoms with E-state index in [1.165, 1.54) is 0 Å². The van der Waals surface area contributed by atoms with Gasteiger partial charge in [0.2, 0.25) is 0 Å². The minimum Gasteiger partial charge on any atom is -0.357 e. The number of nitrogens with zero attached hydrogens (tertiary/aromatic N) is 2. The Morgan fingerprint density at radius 2 is 2.29 bits per heavy atom. The molecule has 1 aromatic heterocycles. The Hall–Kier alpha value is -1.84. The second kappa shape index (κ2) is 7.44. The fourth-order valence-electron chi connectivity index (χ4n) is 1.36. The second-order valence-electron chi connectivity index (χ2n) is 3.64. The molecular formula is C13H20N4. The fourth-order valence-corrected chi connectivity index (χ4v) is 1.36. The number of rotatable bonds is 5. The van der Waals surface area contributed by atoms with Crippen LogP contribution in [0.3, 0.4) is 0 Å². The average molecular weight is 232 g/mol. The Morgan fingerprint density at radius 3 is 2.94 bits per heavy atom. The van der Waals surface area contributed by atoms with Crippen LogP contribution in [0.5, 0.6) is 0 Å². The molecule has 1 heterocycles. The summed E-state index contributed by atoms with van der Waals surface area (Å²) in [5.41, 5.74) is 1.99. The van der Waals surface area contributed by atoms with E-state index in [4.69, 9.17) is 0 Å². The first kappa shape index (κ1) is 13.2. The highest BCUT2D eigenvalue weighted by Gasteiger charge is 1.96. The Kier molecular flexibility index (Phi) is 5.79. The molecule has 4 nitrogen and oxygen atoms in total. The first-order chi connectivity index (χ1) is 8.26. The third kappa shape index (κ3) is 5.15. The van der Waals surface area contributed by atoms with Gasteiger partial charge in [0, 0.05) is 18.8 Å². The molecule has 0 saturated heterocycles. The largest absolute Gasteiger partial charge is 0.357 e. The van der Waals surface area contributed by atoms with Crippen LogP contribution < -0.4 is 10.6 Å². The monoisotopic (exact) mass is 232 g/mol. The number of hydrogen-bond acceptors (Lipinski definition) is 2. The standard InChI is InChI=1S/C13H20N4/c1-4-9-15-13(14-5-2)16-10-12-8-6-7-11(3)17-12/h4,6-8H,1,5,9-10H2,2-3H3,(H2,14,15,16). The van der Waals surface area contributed by atoms with Crippen molar-refractivity contribution in [2.45, 2.75) is 20.4 Å². The molecule has 0 amide bonds. The summed E-state index contributed by atoms with van der Waals surface area (Å²) in [7, 11) is 0. The van der Waals surface area contributed by atoms with Crippen molar-refractivity contribution in [2.75, 3.05) is 13.1 Å². The highest BCUT2D eigenvalue weighted by Crippen LogP contribution is 1.99. The van der Waals surface area contributed by atoms with E-state index in [1.807, 2.05) is 32.0 Å². The number of nitrogens with one attached hydrogen (secondary N) is 2. The molecule has 0 bridgehead atoms. The summed E-state index contributed by atoms with van der Waals surface area (Å²) in [5, 5.41) is 6.31. The molecule has 2 N–H and O–H groups in total. The highest BCUT2D eigenvalue weighted by atomic mass is 15.2. The van der Waals surface area contributed by atoms with Gasteiger partial charge in [-0.25, -0.2) is 4.99 Å². The number of aromatic nitrogens is 1. The summed E-state index contributed by atoms with van der Waals surface area (Å²) in [6, 6.07) is 5.96. The Morgan fingerprint density at radius 1 is 1.47 bits per heavy atom. The van der Waals surface area contributed by atoms with E-state index < -0.39 is 0 Å². The molecule has 0 radical (unpaired) electrons. The van der Waals surface area contributed by atoms with Crippen molar-refractivity contribution in [2.24, 2.45) is 4.99 Å². The van der Waals surface area contributed by atoms with Crippen molar-refractivity contribution in [3.8, 4) is 0 Å². The molecular weight excluding hydrogens is 212 g/mol. The van der Waals surface area contributed by atoms with Crippen LogP contribution in [0, 0.1) is 6.92 Å². The number of aryl methyl sites for hydroxylation is 1. The Labute approximate surface area is 103 Å². The maximum absolute atomic E-state index is 4.45. The average Bonchev–Trinajstić information content (AvgIpc) is 2.33. The second-order valence-corrected chi connectivity index (χ2v) is 3.64. The minimum absolute atomic E-state index is 0.578. The highest BCUT2D eigenvalue weighted by molar-refractivity contribution is 5.79. The predicted octanol–water partition coefficient (Wildman–Crippen LogP) is 1.63. The molecule has 0 spiro atoms. The topological polar surface area (TPSA) is 49.3 Å². The van der Waals surface area contributed by atoms with Crippen molar-refractivity contribution in [3.63, 3.8) is 0 Å². The van der Waals surface area contributed by atoms with Crippen LogP contribution >= 0.6 is 0 Å². The van der Waals surface area contributed by atoms with Gasteiger partial charge in [-0.05, 0) is 26.0 Å². The first-order valence-corrected chi connectivity index (χ1v) is 5.82. The van der Waals surface area contributed by atoms with Crippen molar-refractivity contribution in [1.29, 1.82) is 0 Å². The van der Waals surface area contributed by atoms with E-state index in [2.05, 4.69) is 27.2 Å². The molecule has 17 heavy (non-hydrogen) atoms. The minimum atomic E-state index is 0.578. The van der Waals surface area contributed by atoms with E-state index in [-0.39, 0.29) is 0 Å². The van der Waals surface area contributed by atoms with Crippen LogP contribution in [0.1, 0.15) is 18.3 Å². The van der Waals surface area contributed by atoms with Gasteiger partial charge < -0.3 is 10.6 Å². The van der Waals surface area contributed by atoms with Gasteiger partial charge in [-0.3, -0.25) is 4.98 Å². The van der Waals surface area contributed by atoms with Crippen LogP contribution in [0.2, 0.25) is 0 Å². The molecule has 92 valence electrons. The summed E-state index contributed by atoms with van der Waals surface area (Å²) in [5.74, 6) is 0.788. The SMILES string of the molecule is C=CCNC(=NCc1cccc(C)n1)NCC. The molecule has 4 heteroatoms.